The van der Waals surface area contributed by atoms with Crippen molar-refractivity contribution in [2.45, 2.75) is 135 Å². The molecule has 10 heterocycles. The molecule has 6 aromatic carbocycles. The number of tetrazole rings is 3. The van der Waals surface area contributed by atoms with E-state index in [1.165, 1.54) is 11.7 Å². The number of ether oxygens (including phenoxy) is 6. The van der Waals surface area contributed by atoms with Gasteiger partial charge in [0, 0.05) is 118 Å². The molecule has 3 aromatic heterocycles. The average molecular weight is 1460 g/mol. The van der Waals surface area contributed by atoms with Gasteiger partial charge in [0.15, 0.2) is 12.3 Å². The number of hydrogen-bond donors (Lipinski definition) is 2. The van der Waals surface area contributed by atoms with Crippen molar-refractivity contribution in [1.82, 2.24) is 80.6 Å². The number of hydrogen-bond acceptors (Lipinski definition) is 21. The van der Waals surface area contributed by atoms with Crippen molar-refractivity contribution in [1.29, 1.82) is 0 Å². The second-order valence-corrected chi connectivity index (χ2v) is 30.1. The fourth-order valence-corrected chi connectivity index (χ4v) is 14.4. The second-order valence-electron chi connectivity index (χ2n) is 30.1. The van der Waals surface area contributed by atoms with Crippen LogP contribution in [0, 0.1) is 0 Å². The molecule has 0 bridgehead atoms. The highest BCUT2D eigenvalue weighted by molar-refractivity contribution is 5.89. The Hall–Kier alpha value is -11.3. The zero-order chi connectivity index (χ0) is 75.2. The minimum Gasteiger partial charge on any atom is -0.482 e. The predicted octanol–water partition coefficient (Wildman–Crippen LogP) is 11.2. The van der Waals surface area contributed by atoms with Crippen molar-refractivity contribution >= 4 is 40.7 Å². The van der Waals surface area contributed by atoms with Crippen LogP contribution in [-0.4, -0.2) is 204 Å². The van der Waals surface area contributed by atoms with E-state index in [0.717, 1.165) is 148 Å². The first-order chi connectivity index (χ1) is 52.0. The molecule has 0 unspecified atom stereocenters. The lowest BCUT2D eigenvalue weighted by molar-refractivity contribution is -0.138. The summed E-state index contributed by atoms with van der Waals surface area (Å²) in [5, 5.41) is 50.3. The fraction of sp³-hybridized carbons (Fsp3) is 0.395. The third kappa shape index (κ3) is 17.5. The van der Waals surface area contributed by atoms with Crippen LogP contribution in [0.2, 0.25) is 0 Å². The van der Waals surface area contributed by atoms with Crippen LogP contribution in [0.4, 0.5) is 9.59 Å². The molecule has 0 radical (unpaired) electrons. The number of carboxylic acid groups (broad SMARTS) is 1. The third-order valence-corrected chi connectivity index (χ3v) is 19.7. The lowest BCUT2D eigenvalue weighted by atomic mass is 9.82. The summed E-state index contributed by atoms with van der Waals surface area (Å²) in [7, 11) is 0. The number of para-hydroxylation sites is 3. The summed E-state index contributed by atoms with van der Waals surface area (Å²) in [4.78, 5) is 57.5. The monoisotopic (exact) mass is 1460 g/mol. The Labute approximate surface area is 626 Å². The number of carbonyl (C=O) groups is 4. The highest BCUT2D eigenvalue weighted by Gasteiger charge is 2.44. The summed E-state index contributed by atoms with van der Waals surface area (Å²) in [5.41, 5.74) is 9.63. The van der Waals surface area contributed by atoms with Crippen molar-refractivity contribution in [2.24, 2.45) is 0 Å². The van der Waals surface area contributed by atoms with E-state index >= 15 is 0 Å². The minimum absolute atomic E-state index is 0.0102. The van der Waals surface area contributed by atoms with E-state index < -0.39 is 28.4 Å². The molecule has 27 nitrogen and oxygen atoms in total. The SMILES string of the molecule is CC(=O)Cn1nnc(-c2cccc(C3=CC4(CCNCC4)Oc4ccccc43)c2)n1.CC(C)(C)OC(=O)N1CCC2(C=C(c3cccc(-c4nnn(CC(=O)O)n4)c3)c3ccccc3O2)CC1.CC(C)(C)OC(=O)N1CCC2(C=C(c3cccc(-c4nnn(CCN5CCOCC5)n4)c3)c3ccccc3O2)CC1. The lowest BCUT2D eigenvalue weighted by Crippen LogP contribution is -2.50. The number of carboxylic acids is 1. The van der Waals surface area contributed by atoms with Gasteiger partial charge in [-0.05, 0) is 165 Å². The maximum Gasteiger partial charge on any atom is 0.410 e. The molecule has 0 saturated carbocycles. The van der Waals surface area contributed by atoms with Crippen LogP contribution in [0.1, 0.15) is 120 Å². The molecule has 0 atom stereocenters. The van der Waals surface area contributed by atoms with Crippen molar-refractivity contribution < 1.29 is 52.7 Å². The number of aromatic nitrogens is 12. The van der Waals surface area contributed by atoms with Gasteiger partial charge >= 0.3 is 18.2 Å². The van der Waals surface area contributed by atoms with Gasteiger partial charge < -0.3 is 48.6 Å². The second kappa shape index (κ2) is 31.3. The number of amides is 2. The summed E-state index contributed by atoms with van der Waals surface area (Å²) in [5.74, 6) is 2.99. The molecule has 2 N–H and O–H groups in total. The van der Waals surface area contributed by atoms with Crippen LogP contribution < -0.4 is 19.5 Å². The number of fused-ring (bicyclic) bond motifs is 3. The van der Waals surface area contributed by atoms with Crippen molar-refractivity contribution in [3.05, 3.63) is 197 Å². The molecule has 7 aliphatic heterocycles. The number of carbonyl (C=O) groups excluding carboxylic acids is 3. The van der Waals surface area contributed by atoms with Gasteiger partial charge in [-0.2, -0.15) is 14.4 Å². The topological polar surface area (TPSA) is 296 Å². The third-order valence-electron chi connectivity index (χ3n) is 19.7. The standard InChI is InChI=1S/C31H38N6O4.C27H29N5O5.C23H23N5O2/c1-30(2,3)41-29(38)36-13-11-31(12-14-36)22-26(25-9-4-5-10-27(25)40-31)23-7-6-8-24(21-23)28-32-34-37(33-28)16-15-35-17-19-39-20-18-35;1-26(2,3)37-25(35)31-13-11-27(12-14-31)16-21(20-9-4-5-10-22(20)36-27)18-7-6-8-19(15-18)24-28-30-32(29-24)17-23(33)34;1-16(29)15-28-26-22(25-27-28)18-6-4-5-17(13-18)20-14-23(9-11-24-12-10-23)30-21-8-3-2-7-19(20)21/h4-10,21-22H,11-20H2,1-3H3;4-10,15-16H,11-14,17H2,1-3H3,(H,33,34);2-8,13-14,24H,9-12,15H2,1H3. The van der Waals surface area contributed by atoms with Crippen molar-refractivity contribution in [3.8, 4) is 51.4 Å². The zero-order valence-corrected chi connectivity index (χ0v) is 62.0. The first kappa shape index (κ1) is 73.6. The number of likely N-dealkylation sites (tertiary alicyclic amines) is 2. The molecule has 560 valence electrons. The molecule has 108 heavy (non-hydrogen) atoms. The number of aliphatic carboxylic acids is 1. The number of morpholine rings is 1. The summed E-state index contributed by atoms with van der Waals surface area (Å²) in [6.45, 7) is 21.6. The maximum atomic E-state index is 12.7. The summed E-state index contributed by atoms with van der Waals surface area (Å²) < 4.78 is 36.3. The van der Waals surface area contributed by atoms with Crippen LogP contribution in [0.15, 0.2) is 164 Å². The number of Topliss-reactive ketones (excluding diaryl/α,β-unsaturated/α-hetero) is 1. The number of ketones is 1. The Morgan fingerprint density at radius 3 is 1.20 bits per heavy atom. The number of nitrogens with one attached hydrogen (secondary N) is 1. The Morgan fingerprint density at radius 2 is 0.815 bits per heavy atom. The van der Waals surface area contributed by atoms with Gasteiger partial charge in [-0.3, -0.25) is 14.5 Å². The highest BCUT2D eigenvalue weighted by atomic mass is 16.6. The van der Waals surface area contributed by atoms with E-state index in [1.54, 1.807) is 14.6 Å². The number of nitrogens with zero attached hydrogens (tertiary/aromatic N) is 15. The van der Waals surface area contributed by atoms with Crippen LogP contribution in [-0.2, 0) is 43.4 Å². The Balaban J connectivity index is 0.000000137. The van der Waals surface area contributed by atoms with Gasteiger partial charge in [0.05, 0.1) is 19.8 Å². The average Bonchev–Trinajstić information content (AvgIpc) is 0.848. The van der Waals surface area contributed by atoms with Gasteiger partial charge in [0.25, 0.3) is 0 Å². The Morgan fingerprint density at radius 1 is 0.454 bits per heavy atom. The van der Waals surface area contributed by atoms with E-state index in [4.69, 9.17) is 33.5 Å². The first-order valence-electron chi connectivity index (χ1n) is 36.9. The number of piperidine rings is 3. The van der Waals surface area contributed by atoms with Crippen molar-refractivity contribution in [2.75, 3.05) is 72.1 Å². The van der Waals surface area contributed by atoms with E-state index in [1.807, 2.05) is 151 Å². The van der Waals surface area contributed by atoms with Crippen LogP contribution in [0.5, 0.6) is 17.2 Å². The van der Waals surface area contributed by atoms with E-state index in [0.29, 0.717) is 75.9 Å². The van der Waals surface area contributed by atoms with Crippen LogP contribution in [0.25, 0.3) is 50.9 Å². The first-order valence-corrected chi connectivity index (χ1v) is 36.9. The van der Waals surface area contributed by atoms with E-state index in [2.05, 4.69) is 111 Å². The van der Waals surface area contributed by atoms with Crippen molar-refractivity contribution in [3.63, 3.8) is 0 Å². The molecule has 4 fully saturated rings. The van der Waals surface area contributed by atoms with Gasteiger partial charge in [-0.15, -0.1) is 30.6 Å². The van der Waals surface area contributed by atoms with Gasteiger partial charge in [-0.25, -0.2) is 9.59 Å². The summed E-state index contributed by atoms with van der Waals surface area (Å²) in [6.07, 6.45) is 10.6. The molecule has 7 aliphatic rings. The lowest BCUT2D eigenvalue weighted by Gasteiger charge is -2.43. The highest BCUT2D eigenvalue weighted by Crippen LogP contribution is 2.47. The van der Waals surface area contributed by atoms with Crippen LogP contribution >= 0.6 is 0 Å². The predicted molar refractivity (Wildman–Crippen MR) is 402 cm³/mol. The molecule has 16 rings (SSSR count). The fourth-order valence-electron chi connectivity index (χ4n) is 14.4. The molecular formula is C81H90N16O11. The Bertz CT molecular complexity index is 4860. The largest absolute Gasteiger partial charge is 0.482 e. The quantitative estimate of drug-likeness (QED) is 0.108. The molecule has 3 spiro atoms. The van der Waals surface area contributed by atoms with Crippen LogP contribution in [0.3, 0.4) is 0 Å². The molecule has 9 aromatic rings. The van der Waals surface area contributed by atoms with Gasteiger partial charge in [0.1, 0.15) is 51.8 Å². The smallest absolute Gasteiger partial charge is 0.410 e. The minimum atomic E-state index is -1.04. The molecular weight excluding hydrogens is 1370 g/mol. The van der Waals surface area contributed by atoms with Gasteiger partial charge in [-0.1, -0.05) is 109 Å². The molecule has 27 heteroatoms. The van der Waals surface area contributed by atoms with E-state index in [-0.39, 0.29) is 36.7 Å². The molecule has 4 saturated heterocycles. The van der Waals surface area contributed by atoms with E-state index in [9.17, 15) is 19.2 Å². The summed E-state index contributed by atoms with van der Waals surface area (Å²) >= 11 is 0. The number of rotatable bonds is 13. The zero-order valence-electron chi connectivity index (χ0n) is 62.0. The maximum absolute atomic E-state index is 12.7. The molecule has 2 amide bonds. The van der Waals surface area contributed by atoms with Gasteiger partial charge in [0.2, 0.25) is 17.5 Å². The normalized spacial score (nSPS) is 17.6. The summed E-state index contributed by atoms with van der Waals surface area (Å²) in [6, 6.07) is 48.5. The Kier molecular flexibility index (Phi) is 21.3. The molecule has 0 aliphatic carbocycles. The number of benzene rings is 6.